The summed E-state index contributed by atoms with van der Waals surface area (Å²) in [4.78, 5) is 29.0. The second-order valence-corrected chi connectivity index (χ2v) is 9.39. The van der Waals surface area contributed by atoms with Crippen LogP contribution in [0.3, 0.4) is 0 Å². The number of carbonyl (C=O) groups excluding carboxylic acids is 2. The molecule has 0 spiro atoms. The molecule has 4 nitrogen and oxygen atoms in total. The molecule has 5 heteroatoms. The van der Waals surface area contributed by atoms with Gasteiger partial charge in [-0.15, -0.1) is 11.8 Å². The van der Waals surface area contributed by atoms with Crippen LogP contribution in [-0.2, 0) is 15.3 Å². The first kappa shape index (κ1) is 22.9. The van der Waals surface area contributed by atoms with E-state index in [2.05, 4.69) is 0 Å². The van der Waals surface area contributed by atoms with Crippen molar-refractivity contribution in [2.45, 2.75) is 39.6 Å². The zero-order valence-electron chi connectivity index (χ0n) is 19.3. The van der Waals surface area contributed by atoms with Gasteiger partial charge in [0, 0.05) is 5.75 Å². The summed E-state index contributed by atoms with van der Waals surface area (Å²) in [6.45, 7) is 7.86. The van der Waals surface area contributed by atoms with Crippen LogP contribution in [0.5, 0.6) is 5.75 Å². The molecule has 4 rings (SSSR count). The van der Waals surface area contributed by atoms with Crippen LogP contribution in [0.25, 0.3) is 5.57 Å². The third-order valence-electron chi connectivity index (χ3n) is 5.38. The molecule has 0 saturated carbocycles. The summed E-state index contributed by atoms with van der Waals surface area (Å²) in [5.74, 6) is 0.773. The lowest BCUT2D eigenvalue weighted by atomic mass is 10.1. The number of aryl methyl sites for hydroxylation is 2. The van der Waals surface area contributed by atoms with Gasteiger partial charge in [0.15, 0.2) is 0 Å². The molecule has 0 N–H and O–H groups in total. The zero-order chi connectivity index (χ0) is 23.5. The maximum atomic E-state index is 13.6. The van der Waals surface area contributed by atoms with Gasteiger partial charge in [-0.05, 0) is 62.6 Å². The summed E-state index contributed by atoms with van der Waals surface area (Å²) >= 11 is 1.41. The Kier molecular flexibility index (Phi) is 6.70. The summed E-state index contributed by atoms with van der Waals surface area (Å²) in [7, 11) is 0. The van der Waals surface area contributed by atoms with Crippen LogP contribution in [0.1, 0.15) is 36.1 Å². The molecular weight excluding hydrogens is 430 g/mol. The van der Waals surface area contributed by atoms with Gasteiger partial charge in [0.05, 0.1) is 22.3 Å². The molecule has 0 bridgehead atoms. The van der Waals surface area contributed by atoms with Crippen LogP contribution in [0.4, 0.5) is 5.69 Å². The Hall–Kier alpha value is -3.31. The average Bonchev–Trinajstić information content (AvgIpc) is 3.03. The third kappa shape index (κ3) is 4.88. The normalized spacial score (nSPS) is 13.9. The molecular formula is C28H27NO3S. The Bertz CT molecular complexity index is 1210. The molecule has 2 amide bonds. The maximum absolute atomic E-state index is 13.6. The molecule has 0 fully saturated rings. The number of benzene rings is 3. The molecule has 3 aromatic carbocycles. The SMILES string of the molecule is Cc1ccc(N2C(=O)C(SCc3ccccc3)=C(c3ccc(OC(C)C)cc3)C2=O)c(C)c1. The fraction of sp³-hybridized carbons (Fsp3) is 0.214. The van der Waals surface area contributed by atoms with E-state index >= 15 is 0 Å². The summed E-state index contributed by atoms with van der Waals surface area (Å²) < 4.78 is 5.75. The molecule has 0 radical (unpaired) electrons. The van der Waals surface area contributed by atoms with E-state index in [0.29, 0.717) is 27.5 Å². The van der Waals surface area contributed by atoms with Crippen LogP contribution in [0.2, 0.25) is 0 Å². The molecule has 1 aliphatic rings. The van der Waals surface area contributed by atoms with Gasteiger partial charge in [-0.3, -0.25) is 9.59 Å². The number of rotatable bonds is 7. The number of anilines is 1. The first-order valence-electron chi connectivity index (χ1n) is 11.0. The molecule has 0 aromatic heterocycles. The largest absolute Gasteiger partial charge is 0.491 e. The highest BCUT2D eigenvalue weighted by Gasteiger charge is 2.40. The minimum absolute atomic E-state index is 0.0572. The highest BCUT2D eigenvalue weighted by Crippen LogP contribution is 2.40. The lowest BCUT2D eigenvalue weighted by Gasteiger charge is -2.18. The predicted octanol–water partition coefficient (Wildman–Crippen LogP) is 6.31. The quantitative estimate of drug-likeness (QED) is 0.390. The number of nitrogens with zero attached hydrogens (tertiary/aromatic N) is 1. The summed E-state index contributed by atoms with van der Waals surface area (Å²) in [5.41, 5.74) is 4.86. The van der Waals surface area contributed by atoms with E-state index in [-0.39, 0.29) is 17.9 Å². The summed E-state index contributed by atoms with van der Waals surface area (Å²) in [5, 5.41) is 0. The van der Waals surface area contributed by atoms with Gasteiger partial charge in [0.25, 0.3) is 11.8 Å². The third-order valence-corrected chi connectivity index (χ3v) is 6.52. The van der Waals surface area contributed by atoms with Crippen molar-refractivity contribution >= 4 is 34.8 Å². The molecule has 33 heavy (non-hydrogen) atoms. The van der Waals surface area contributed by atoms with E-state index in [9.17, 15) is 9.59 Å². The first-order valence-corrected chi connectivity index (χ1v) is 12.0. The predicted molar refractivity (Wildman–Crippen MR) is 135 cm³/mol. The number of hydrogen-bond donors (Lipinski definition) is 0. The monoisotopic (exact) mass is 457 g/mol. The minimum Gasteiger partial charge on any atom is -0.491 e. The van der Waals surface area contributed by atoms with Crippen LogP contribution in [0, 0.1) is 13.8 Å². The van der Waals surface area contributed by atoms with E-state index in [1.54, 1.807) is 0 Å². The van der Waals surface area contributed by atoms with Crippen LogP contribution in [-0.4, -0.2) is 17.9 Å². The van der Waals surface area contributed by atoms with Crippen molar-refractivity contribution in [1.82, 2.24) is 0 Å². The van der Waals surface area contributed by atoms with E-state index in [0.717, 1.165) is 22.4 Å². The van der Waals surface area contributed by atoms with Crippen molar-refractivity contribution in [2.24, 2.45) is 0 Å². The summed E-state index contributed by atoms with van der Waals surface area (Å²) in [6, 6.07) is 23.1. The highest BCUT2D eigenvalue weighted by atomic mass is 32.2. The average molecular weight is 458 g/mol. The van der Waals surface area contributed by atoms with Crippen LogP contribution < -0.4 is 9.64 Å². The van der Waals surface area contributed by atoms with Crippen molar-refractivity contribution in [2.75, 3.05) is 4.90 Å². The lowest BCUT2D eigenvalue weighted by molar-refractivity contribution is -0.119. The Morgan fingerprint density at radius 1 is 0.879 bits per heavy atom. The number of carbonyl (C=O) groups is 2. The standard InChI is InChI=1S/C28H27NO3S/c1-18(2)32-23-13-11-22(12-14-23)25-26(33-17-21-8-6-5-7-9-21)28(31)29(27(25)30)24-15-10-19(3)16-20(24)4/h5-16,18H,17H2,1-4H3. The smallest absolute Gasteiger partial charge is 0.272 e. The zero-order valence-corrected chi connectivity index (χ0v) is 20.1. The Labute approximate surface area is 199 Å². The van der Waals surface area contributed by atoms with Crippen molar-refractivity contribution in [3.8, 4) is 5.75 Å². The van der Waals surface area contributed by atoms with Crippen molar-refractivity contribution in [3.05, 3.63) is 100.0 Å². The Morgan fingerprint density at radius 2 is 1.58 bits per heavy atom. The first-order chi connectivity index (χ1) is 15.8. The molecule has 168 valence electrons. The fourth-order valence-electron chi connectivity index (χ4n) is 3.88. The van der Waals surface area contributed by atoms with Crippen molar-refractivity contribution in [3.63, 3.8) is 0 Å². The maximum Gasteiger partial charge on any atom is 0.272 e. The van der Waals surface area contributed by atoms with Gasteiger partial charge >= 0.3 is 0 Å². The number of amides is 2. The van der Waals surface area contributed by atoms with Crippen LogP contribution >= 0.6 is 11.8 Å². The van der Waals surface area contributed by atoms with E-state index in [1.807, 2.05) is 100 Å². The molecule has 1 aliphatic heterocycles. The number of imide groups is 1. The van der Waals surface area contributed by atoms with Crippen LogP contribution in [0.15, 0.2) is 77.7 Å². The van der Waals surface area contributed by atoms with Crippen molar-refractivity contribution in [1.29, 1.82) is 0 Å². The van der Waals surface area contributed by atoms with Crippen molar-refractivity contribution < 1.29 is 14.3 Å². The van der Waals surface area contributed by atoms with E-state index in [1.165, 1.54) is 16.7 Å². The highest BCUT2D eigenvalue weighted by molar-refractivity contribution is 8.03. The second-order valence-electron chi connectivity index (χ2n) is 8.41. The molecule has 3 aromatic rings. The van der Waals surface area contributed by atoms with Gasteiger partial charge in [-0.1, -0.05) is 60.2 Å². The van der Waals surface area contributed by atoms with Gasteiger partial charge in [0.2, 0.25) is 0 Å². The van der Waals surface area contributed by atoms with Gasteiger partial charge in [-0.25, -0.2) is 4.90 Å². The Balaban J connectivity index is 1.73. The molecule has 0 unspecified atom stereocenters. The second kappa shape index (κ2) is 9.67. The van der Waals surface area contributed by atoms with E-state index in [4.69, 9.17) is 4.74 Å². The number of ether oxygens (including phenoxy) is 1. The molecule has 0 aliphatic carbocycles. The lowest BCUT2D eigenvalue weighted by Crippen LogP contribution is -2.32. The molecule has 1 heterocycles. The number of thioether (sulfide) groups is 1. The van der Waals surface area contributed by atoms with Gasteiger partial charge in [0.1, 0.15) is 5.75 Å². The van der Waals surface area contributed by atoms with Gasteiger partial charge < -0.3 is 4.74 Å². The fourth-order valence-corrected chi connectivity index (χ4v) is 4.94. The Morgan fingerprint density at radius 3 is 2.21 bits per heavy atom. The molecule has 0 atom stereocenters. The number of hydrogen-bond acceptors (Lipinski definition) is 4. The molecule has 0 saturated heterocycles. The topological polar surface area (TPSA) is 46.6 Å². The van der Waals surface area contributed by atoms with E-state index < -0.39 is 0 Å². The summed E-state index contributed by atoms with van der Waals surface area (Å²) in [6.07, 6.45) is 0.0572. The van der Waals surface area contributed by atoms with Gasteiger partial charge in [-0.2, -0.15) is 0 Å². The minimum atomic E-state index is -0.292.